The Morgan fingerprint density at radius 1 is 1.10 bits per heavy atom. The van der Waals surface area contributed by atoms with Crippen LogP contribution in [0.2, 0.25) is 0 Å². The van der Waals surface area contributed by atoms with Gasteiger partial charge in [0.2, 0.25) is 0 Å². The van der Waals surface area contributed by atoms with E-state index in [1.807, 2.05) is 13.8 Å². The summed E-state index contributed by atoms with van der Waals surface area (Å²) < 4.78 is 41.9. The topological polar surface area (TPSA) is 12.0 Å². The van der Waals surface area contributed by atoms with E-state index < -0.39 is 17.5 Å². The molecule has 0 bridgehead atoms. The summed E-state index contributed by atoms with van der Waals surface area (Å²) in [6, 6.07) is 6.65. The number of benzene rings is 2. The van der Waals surface area contributed by atoms with Gasteiger partial charge in [-0.15, -0.1) is 0 Å². The Kier molecular flexibility index (Phi) is 5.06. The number of nitrogens with one attached hydrogen (secondary N) is 1. The Morgan fingerprint density at radius 3 is 2.48 bits per heavy atom. The molecule has 0 fully saturated rings. The first kappa shape index (κ1) is 16.0. The summed E-state index contributed by atoms with van der Waals surface area (Å²) in [4.78, 5) is 0. The van der Waals surface area contributed by atoms with E-state index in [0.29, 0.717) is 12.1 Å². The van der Waals surface area contributed by atoms with Crippen molar-refractivity contribution in [2.45, 2.75) is 26.4 Å². The summed E-state index contributed by atoms with van der Waals surface area (Å²) in [5.41, 5.74) is 0.643. The zero-order chi connectivity index (χ0) is 15.6. The Bertz CT molecular complexity index is 656. The lowest BCUT2D eigenvalue weighted by atomic mass is 9.98. The van der Waals surface area contributed by atoms with Crippen molar-refractivity contribution >= 4 is 15.9 Å². The molecule has 0 unspecified atom stereocenters. The normalized spacial score (nSPS) is 11.2. The molecule has 1 N–H and O–H groups in total. The molecule has 2 rings (SSSR count). The van der Waals surface area contributed by atoms with E-state index in [1.54, 1.807) is 6.07 Å². The SMILES string of the molecule is CC(C)NCc1ccc(F)cc1-c1c(F)ccc(Br)c1F. The quantitative estimate of drug-likeness (QED) is 0.756. The van der Waals surface area contributed by atoms with Crippen LogP contribution in [0.15, 0.2) is 34.8 Å². The monoisotopic (exact) mass is 357 g/mol. The van der Waals surface area contributed by atoms with Crippen LogP contribution in [0.4, 0.5) is 13.2 Å². The third kappa shape index (κ3) is 3.66. The first-order valence-electron chi connectivity index (χ1n) is 6.56. The molecule has 0 amide bonds. The van der Waals surface area contributed by atoms with E-state index in [0.717, 1.165) is 12.1 Å². The highest BCUT2D eigenvalue weighted by atomic mass is 79.9. The van der Waals surface area contributed by atoms with Gasteiger partial charge < -0.3 is 5.32 Å². The summed E-state index contributed by atoms with van der Waals surface area (Å²) in [5.74, 6) is -1.98. The molecule has 0 spiro atoms. The van der Waals surface area contributed by atoms with Crippen molar-refractivity contribution < 1.29 is 13.2 Å². The molecule has 0 saturated heterocycles. The van der Waals surface area contributed by atoms with Gasteiger partial charge in [0.15, 0.2) is 0 Å². The zero-order valence-electron chi connectivity index (χ0n) is 11.7. The number of rotatable bonds is 4. The maximum Gasteiger partial charge on any atom is 0.148 e. The minimum Gasteiger partial charge on any atom is -0.310 e. The number of halogens is 4. The summed E-state index contributed by atoms with van der Waals surface area (Å²) in [7, 11) is 0. The van der Waals surface area contributed by atoms with Crippen molar-refractivity contribution in [1.82, 2.24) is 5.32 Å². The van der Waals surface area contributed by atoms with Crippen molar-refractivity contribution in [1.29, 1.82) is 0 Å². The molecular weight excluding hydrogens is 343 g/mol. The molecule has 2 aromatic carbocycles. The lowest BCUT2D eigenvalue weighted by molar-refractivity contribution is 0.577. The number of hydrogen-bond donors (Lipinski definition) is 1. The third-order valence-corrected chi connectivity index (χ3v) is 3.70. The van der Waals surface area contributed by atoms with Crippen LogP contribution in [0.1, 0.15) is 19.4 Å². The van der Waals surface area contributed by atoms with E-state index >= 15 is 0 Å². The molecule has 0 heterocycles. The number of hydrogen-bond acceptors (Lipinski definition) is 1. The third-order valence-electron chi connectivity index (χ3n) is 3.09. The molecule has 0 aliphatic rings. The van der Waals surface area contributed by atoms with E-state index in [-0.39, 0.29) is 21.6 Å². The van der Waals surface area contributed by atoms with Gasteiger partial charge in [0.1, 0.15) is 17.5 Å². The second kappa shape index (κ2) is 6.62. The van der Waals surface area contributed by atoms with Crippen LogP contribution < -0.4 is 5.32 Å². The Labute approximate surface area is 130 Å². The van der Waals surface area contributed by atoms with Crippen molar-refractivity contribution in [3.05, 3.63) is 57.8 Å². The van der Waals surface area contributed by atoms with Crippen LogP contribution in [0.5, 0.6) is 0 Å². The highest BCUT2D eigenvalue weighted by Gasteiger charge is 2.18. The molecule has 0 aliphatic carbocycles. The summed E-state index contributed by atoms with van der Waals surface area (Å²) >= 11 is 3.03. The standard InChI is InChI=1S/C16H15BrF3N/c1-9(2)21-8-10-3-4-11(18)7-12(10)15-14(19)6-5-13(17)16(15)20/h3-7,9,21H,8H2,1-2H3. The average molecular weight is 358 g/mol. The second-order valence-corrected chi connectivity index (χ2v) is 5.91. The van der Waals surface area contributed by atoms with E-state index in [1.165, 1.54) is 12.1 Å². The van der Waals surface area contributed by atoms with Gasteiger partial charge in [-0.1, -0.05) is 19.9 Å². The second-order valence-electron chi connectivity index (χ2n) is 5.06. The van der Waals surface area contributed by atoms with Gasteiger partial charge >= 0.3 is 0 Å². The fourth-order valence-corrected chi connectivity index (χ4v) is 2.35. The fourth-order valence-electron chi connectivity index (χ4n) is 2.02. The molecule has 0 atom stereocenters. The molecule has 0 aromatic heterocycles. The molecule has 0 saturated carbocycles. The Morgan fingerprint density at radius 2 is 1.81 bits per heavy atom. The van der Waals surface area contributed by atoms with E-state index in [2.05, 4.69) is 21.2 Å². The van der Waals surface area contributed by atoms with Crippen LogP contribution in [-0.4, -0.2) is 6.04 Å². The van der Waals surface area contributed by atoms with E-state index in [4.69, 9.17) is 0 Å². The molecule has 0 aliphatic heterocycles. The van der Waals surface area contributed by atoms with Crippen molar-refractivity contribution in [2.24, 2.45) is 0 Å². The summed E-state index contributed by atoms with van der Waals surface area (Å²) in [6.45, 7) is 4.33. The Balaban J connectivity index is 2.57. The van der Waals surface area contributed by atoms with Crippen molar-refractivity contribution in [3.63, 3.8) is 0 Å². The highest BCUT2D eigenvalue weighted by molar-refractivity contribution is 9.10. The minimum absolute atomic E-state index is 0.144. The maximum atomic E-state index is 14.2. The first-order chi connectivity index (χ1) is 9.90. The molecule has 112 valence electrons. The average Bonchev–Trinajstić information content (AvgIpc) is 2.42. The maximum absolute atomic E-state index is 14.2. The predicted octanol–water partition coefficient (Wildman–Crippen LogP) is 5.03. The molecular formula is C16H15BrF3N. The molecule has 21 heavy (non-hydrogen) atoms. The zero-order valence-corrected chi connectivity index (χ0v) is 13.3. The van der Waals surface area contributed by atoms with Crippen molar-refractivity contribution in [2.75, 3.05) is 0 Å². The van der Waals surface area contributed by atoms with Gasteiger partial charge in [-0.3, -0.25) is 0 Å². The van der Waals surface area contributed by atoms with Gasteiger partial charge in [-0.2, -0.15) is 0 Å². The lowest BCUT2D eigenvalue weighted by Gasteiger charge is -2.14. The molecule has 1 nitrogen and oxygen atoms in total. The van der Waals surface area contributed by atoms with Gasteiger partial charge in [0.05, 0.1) is 10.0 Å². The smallest absolute Gasteiger partial charge is 0.148 e. The van der Waals surface area contributed by atoms with Gasteiger partial charge in [-0.05, 0) is 51.3 Å². The largest absolute Gasteiger partial charge is 0.310 e. The Hall–Kier alpha value is -1.33. The van der Waals surface area contributed by atoms with Crippen LogP contribution in [0.3, 0.4) is 0 Å². The van der Waals surface area contributed by atoms with Gasteiger partial charge in [0.25, 0.3) is 0 Å². The van der Waals surface area contributed by atoms with Crippen LogP contribution in [0, 0.1) is 17.5 Å². The summed E-state index contributed by atoms with van der Waals surface area (Å²) in [6.07, 6.45) is 0. The van der Waals surface area contributed by atoms with Crippen LogP contribution in [-0.2, 0) is 6.54 Å². The predicted molar refractivity (Wildman–Crippen MR) is 81.4 cm³/mol. The van der Waals surface area contributed by atoms with Crippen LogP contribution >= 0.6 is 15.9 Å². The highest BCUT2D eigenvalue weighted by Crippen LogP contribution is 2.33. The van der Waals surface area contributed by atoms with Crippen molar-refractivity contribution in [3.8, 4) is 11.1 Å². The first-order valence-corrected chi connectivity index (χ1v) is 7.35. The molecule has 5 heteroatoms. The van der Waals surface area contributed by atoms with Gasteiger partial charge in [0, 0.05) is 12.6 Å². The molecule has 0 radical (unpaired) electrons. The lowest BCUT2D eigenvalue weighted by Crippen LogP contribution is -2.22. The fraction of sp³-hybridized carbons (Fsp3) is 0.250. The summed E-state index contributed by atoms with van der Waals surface area (Å²) in [5, 5.41) is 3.17. The van der Waals surface area contributed by atoms with Gasteiger partial charge in [-0.25, -0.2) is 13.2 Å². The minimum atomic E-state index is -0.730. The van der Waals surface area contributed by atoms with Crippen LogP contribution in [0.25, 0.3) is 11.1 Å². The van der Waals surface area contributed by atoms with E-state index in [9.17, 15) is 13.2 Å². The molecule has 2 aromatic rings.